The molecule has 1 N–H and O–H groups in total. The highest BCUT2D eigenvalue weighted by molar-refractivity contribution is 5.22. The van der Waals surface area contributed by atoms with E-state index in [2.05, 4.69) is 50.4 Å². The fraction of sp³-hybridized carbons (Fsp3) is 0.647. The second kappa shape index (κ2) is 7.58. The van der Waals surface area contributed by atoms with Crippen molar-refractivity contribution in [1.82, 2.24) is 5.32 Å². The zero-order valence-corrected chi connectivity index (χ0v) is 12.6. The molecular weight excluding hydrogens is 218 g/mol. The fourth-order valence-corrected chi connectivity index (χ4v) is 2.23. The third-order valence-electron chi connectivity index (χ3n) is 3.70. The molecule has 0 bridgehead atoms. The van der Waals surface area contributed by atoms with E-state index in [0.29, 0.717) is 5.41 Å². The van der Waals surface area contributed by atoms with Crippen LogP contribution in [0.1, 0.15) is 51.2 Å². The number of rotatable bonds is 8. The summed E-state index contributed by atoms with van der Waals surface area (Å²) < 4.78 is 0. The van der Waals surface area contributed by atoms with Crippen molar-refractivity contribution in [3.8, 4) is 0 Å². The minimum Gasteiger partial charge on any atom is -0.320 e. The van der Waals surface area contributed by atoms with Crippen molar-refractivity contribution in [1.29, 1.82) is 0 Å². The molecule has 102 valence electrons. The monoisotopic (exact) mass is 247 g/mol. The van der Waals surface area contributed by atoms with E-state index in [1.807, 2.05) is 7.05 Å². The van der Waals surface area contributed by atoms with Crippen molar-refractivity contribution >= 4 is 0 Å². The van der Waals surface area contributed by atoms with Crippen LogP contribution in [0.15, 0.2) is 24.3 Å². The molecule has 18 heavy (non-hydrogen) atoms. The normalized spacial score (nSPS) is 11.8. The van der Waals surface area contributed by atoms with E-state index in [-0.39, 0.29) is 0 Å². The fourth-order valence-electron chi connectivity index (χ4n) is 2.23. The molecule has 1 rings (SSSR count). The molecule has 1 heteroatoms. The van der Waals surface area contributed by atoms with E-state index in [1.54, 1.807) is 0 Å². The molecule has 1 aromatic rings. The van der Waals surface area contributed by atoms with Crippen LogP contribution in [0, 0.1) is 5.41 Å². The minimum atomic E-state index is 0.436. The van der Waals surface area contributed by atoms with Gasteiger partial charge in [-0.15, -0.1) is 0 Å². The highest BCUT2D eigenvalue weighted by atomic mass is 14.8. The van der Waals surface area contributed by atoms with Gasteiger partial charge in [0.15, 0.2) is 0 Å². The molecular formula is C17H29N. The van der Waals surface area contributed by atoms with Crippen LogP contribution < -0.4 is 5.32 Å². The van der Waals surface area contributed by atoms with Gasteiger partial charge < -0.3 is 5.32 Å². The van der Waals surface area contributed by atoms with Gasteiger partial charge in [-0.3, -0.25) is 0 Å². The summed E-state index contributed by atoms with van der Waals surface area (Å²) in [6.07, 6.45) is 6.15. The molecule has 0 heterocycles. The largest absolute Gasteiger partial charge is 0.320 e. The Bertz CT molecular complexity index is 324. The van der Waals surface area contributed by atoms with E-state index in [9.17, 15) is 0 Å². The molecule has 0 aliphatic heterocycles. The molecule has 0 fully saturated rings. The van der Waals surface area contributed by atoms with E-state index in [0.717, 1.165) is 6.54 Å². The van der Waals surface area contributed by atoms with Crippen molar-refractivity contribution in [2.75, 3.05) is 13.6 Å². The highest BCUT2D eigenvalue weighted by Gasteiger charge is 2.16. The molecule has 0 atom stereocenters. The number of hydrogen-bond acceptors (Lipinski definition) is 1. The molecule has 0 aromatic heterocycles. The first-order valence-corrected chi connectivity index (χ1v) is 7.30. The first-order valence-electron chi connectivity index (χ1n) is 7.30. The second-order valence-corrected chi connectivity index (χ2v) is 6.08. The van der Waals surface area contributed by atoms with Gasteiger partial charge in [-0.2, -0.15) is 0 Å². The molecule has 0 saturated carbocycles. The van der Waals surface area contributed by atoms with Crippen LogP contribution in [0.4, 0.5) is 0 Å². The maximum atomic E-state index is 3.24. The van der Waals surface area contributed by atoms with Gasteiger partial charge >= 0.3 is 0 Å². The quantitative estimate of drug-likeness (QED) is 0.725. The molecule has 1 aromatic carbocycles. The van der Waals surface area contributed by atoms with Crippen molar-refractivity contribution in [3.05, 3.63) is 35.4 Å². The maximum absolute atomic E-state index is 3.24. The molecule has 0 aliphatic rings. The summed E-state index contributed by atoms with van der Waals surface area (Å²) in [5, 5.41) is 3.24. The predicted octanol–water partition coefficient (Wildman–Crippen LogP) is 4.21. The van der Waals surface area contributed by atoms with Crippen molar-refractivity contribution in [2.45, 2.75) is 52.9 Å². The van der Waals surface area contributed by atoms with Gasteiger partial charge in [-0.25, -0.2) is 0 Å². The Morgan fingerprint density at radius 2 is 1.50 bits per heavy atom. The Labute approximate surface area is 113 Å². The summed E-state index contributed by atoms with van der Waals surface area (Å²) in [5.41, 5.74) is 3.38. The summed E-state index contributed by atoms with van der Waals surface area (Å²) in [6, 6.07) is 9.19. The van der Waals surface area contributed by atoms with Gasteiger partial charge in [0.1, 0.15) is 0 Å². The van der Waals surface area contributed by atoms with E-state index in [1.165, 1.54) is 43.2 Å². The first-order chi connectivity index (χ1) is 8.57. The van der Waals surface area contributed by atoms with Crippen LogP contribution >= 0.6 is 0 Å². The van der Waals surface area contributed by atoms with Crippen LogP contribution in [-0.2, 0) is 12.8 Å². The maximum Gasteiger partial charge on any atom is -0.00468 e. The Kier molecular flexibility index (Phi) is 6.42. The lowest BCUT2D eigenvalue weighted by Gasteiger charge is -2.24. The van der Waals surface area contributed by atoms with Gasteiger partial charge in [0.05, 0.1) is 0 Å². The van der Waals surface area contributed by atoms with Gasteiger partial charge in [-0.05, 0) is 55.8 Å². The van der Waals surface area contributed by atoms with Crippen LogP contribution in [-0.4, -0.2) is 13.6 Å². The smallest absolute Gasteiger partial charge is 0.00468 e. The predicted molar refractivity (Wildman–Crippen MR) is 81.1 cm³/mol. The van der Waals surface area contributed by atoms with Crippen molar-refractivity contribution in [3.63, 3.8) is 0 Å². The van der Waals surface area contributed by atoms with Crippen LogP contribution in [0.5, 0.6) is 0 Å². The van der Waals surface area contributed by atoms with Gasteiger partial charge in [0, 0.05) is 0 Å². The Morgan fingerprint density at radius 3 is 2.00 bits per heavy atom. The number of hydrogen-bond donors (Lipinski definition) is 1. The van der Waals surface area contributed by atoms with Crippen LogP contribution in [0.3, 0.4) is 0 Å². The Hall–Kier alpha value is -0.820. The summed E-state index contributed by atoms with van der Waals surface area (Å²) in [5.74, 6) is 0. The average Bonchev–Trinajstić information content (AvgIpc) is 2.36. The zero-order valence-electron chi connectivity index (χ0n) is 12.6. The third kappa shape index (κ3) is 5.68. The minimum absolute atomic E-state index is 0.436. The number of nitrogens with one attached hydrogen (secondary N) is 1. The van der Waals surface area contributed by atoms with E-state index < -0.39 is 0 Å². The molecule has 0 aliphatic carbocycles. The van der Waals surface area contributed by atoms with Gasteiger partial charge in [0.2, 0.25) is 0 Å². The van der Waals surface area contributed by atoms with Gasteiger partial charge in [-0.1, -0.05) is 51.5 Å². The summed E-state index contributed by atoms with van der Waals surface area (Å²) in [4.78, 5) is 0. The Morgan fingerprint density at radius 1 is 0.944 bits per heavy atom. The van der Waals surface area contributed by atoms with Crippen molar-refractivity contribution in [2.24, 2.45) is 5.41 Å². The summed E-state index contributed by atoms with van der Waals surface area (Å²) in [7, 11) is 2.03. The molecule has 0 spiro atoms. The number of aryl methyl sites for hydroxylation is 2. The standard InChI is InChI=1S/C17H29N/c1-5-6-15-7-9-16(10-8-15)11-12-17(2,3)13-14-18-4/h7-10,18H,5-6,11-14H2,1-4H3. The summed E-state index contributed by atoms with van der Waals surface area (Å²) in [6.45, 7) is 8.09. The van der Waals surface area contributed by atoms with E-state index in [4.69, 9.17) is 0 Å². The van der Waals surface area contributed by atoms with Crippen LogP contribution in [0.25, 0.3) is 0 Å². The zero-order chi connectivity index (χ0) is 13.4. The third-order valence-corrected chi connectivity index (χ3v) is 3.70. The molecule has 0 radical (unpaired) electrons. The molecule has 0 amide bonds. The first kappa shape index (κ1) is 15.2. The lowest BCUT2D eigenvalue weighted by atomic mass is 9.83. The lowest BCUT2D eigenvalue weighted by Crippen LogP contribution is -2.20. The highest BCUT2D eigenvalue weighted by Crippen LogP contribution is 2.26. The molecule has 0 saturated heterocycles. The van der Waals surface area contributed by atoms with Gasteiger partial charge in [0.25, 0.3) is 0 Å². The van der Waals surface area contributed by atoms with Crippen molar-refractivity contribution < 1.29 is 0 Å². The van der Waals surface area contributed by atoms with Crippen LogP contribution in [0.2, 0.25) is 0 Å². The second-order valence-electron chi connectivity index (χ2n) is 6.08. The molecule has 0 unspecified atom stereocenters. The molecule has 1 nitrogen and oxygen atoms in total. The SMILES string of the molecule is CCCc1ccc(CCC(C)(C)CCNC)cc1. The summed E-state index contributed by atoms with van der Waals surface area (Å²) >= 11 is 0. The average molecular weight is 247 g/mol. The lowest BCUT2D eigenvalue weighted by molar-refractivity contribution is 0.305. The topological polar surface area (TPSA) is 12.0 Å². The van der Waals surface area contributed by atoms with E-state index >= 15 is 0 Å². The number of benzene rings is 1. The Balaban J connectivity index is 2.42.